The van der Waals surface area contributed by atoms with Gasteiger partial charge in [-0.2, -0.15) is 0 Å². The van der Waals surface area contributed by atoms with Gasteiger partial charge >= 0.3 is 0 Å². The van der Waals surface area contributed by atoms with Crippen LogP contribution in [0.5, 0.6) is 5.75 Å². The van der Waals surface area contributed by atoms with Gasteiger partial charge in [0.25, 0.3) is 0 Å². The molecule has 1 aromatic rings. The van der Waals surface area contributed by atoms with Crippen molar-refractivity contribution in [2.24, 2.45) is 0 Å². The van der Waals surface area contributed by atoms with Crippen LogP contribution in [0.2, 0.25) is 0 Å². The standard InChI is InChI=1S/C11H16N2O/c1-11(4-7-12-8-5-11)14-10-3-2-6-13-9-10/h2-3,6,9,12H,4-5,7-8H2,1H3. The third kappa shape index (κ3) is 2.23. The molecular formula is C11H16N2O. The number of rotatable bonds is 2. The summed E-state index contributed by atoms with van der Waals surface area (Å²) in [4.78, 5) is 4.04. The number of piperidine rings is 1. The summed E-state index contributed by atoms with van der Waals surface area (Å²) in [5, 5.41) is 3.33. The van der Waals surface area contributed by atoms with Gasteiger partial charge in [-0.15, -0.1) is 0 Å². The monoisotopic (exact) mass is 192 g/mol. The smallest absolute Gasteiger partial charge is 0.138 e. The highest BCUT2D eigenvalue weighted by atomic mass is 16.5. The lowest BCUT2D eigenvalue weighted by atomic mass is 9.94. The number of pyridine rings is 1. The Labute approximate surface area is 84.5 Å². The van der Waals surface area contributed by atoms with Crippen LogP contribution in [0.1, 0.15) is 19.8 Å². The molecule has 0 saturated carbocycles. The zero-order valence-electron chi connectivity index (χ0n) is 8.49. The van der Waals surface area contributed by atoms with Crippen LogP contribution in [0.3, 0.4) is 0 Å². The van der Waals surface area contributed by atoms with Crippen molar-refractivity contribution in [3.63, 3.8) is 0 Å². The molecule has 14 heavy (non-hydrogen) atoms. The predicted molar refractivity (Wildman–Crippen MR) is 55.4 cm³/mol. The number of nitrogens with one attached hydrogen (secondary N) is 1. The van der Waals surface area contributed by atoms with E-state index in [0.29, 0.717) is 0 Å². The molecule has 0 aromatic carbocycles. The van der Waals surface area contributed by atoms with Crippen molar-refractivity contribution in [3.8, 4) is 5.75 Å². The lowest BCUT2D eigenvalue weighted by Crippen LogP contribution is -2.43. The molecule has 0 unspecified atom stereocenters. The highest BCUT2D eigenvalue weighted by molar-refractivity contribution is 5.17. The molecule has 0 bridgehead atoms. The number of ether oxygens (including phenoxy) is 1. The third-order valence-corrected chi connectivity index (χ3v) is 2.66. The summed E-state index contributed by atoms with van der Waals surface area (Å²) < 4.78 is 5.94. The van der Waals surface area contributed by atoms with E-state index in [2.05, 4.69) is 17.2 Å². The van der Waals surface area contributed by atoms with E-state index in [0.717, 1.165) is 31.7 Å². The van der Waals surface area contributed by atoms with E-state index in [4.69, 9.17) is 4.74 Å². The second-order valence-electron chi connectivity index (χ2n) is 3.99. The van der Waals surface area contributed by atoms with Gasteiger partial charge in [0.1, 0.15) is 11.4 Å². The Bertz CT molecular complexity index is 281. The molecule has 76 valence electrons. The van der Waals surface area contributed by atoms with E-state index in [9.17, 15) is 0 Å². The summed E-state index contributed by atoms with van der Waals surface area (Å²) in [5.41, 5.74) is -0.0196. The Morgan fingerprint density at radius 2 is 2.21 bits per heavy atom. The zero-order chi connectivity index (χ0) is 9.86. The molecule has 0 radical (unpaired) electrons. The van der Waals surface area contributed by atoms with E-state index in [1.54, 1.807) is 12.4 Å². The largest absolute Gasteiger partial charge is 0.486 e. The normalized spacial score (nSPS) is 20.4. The van der Waals surface area contributed by atoms with Crippen molar-refractivity contribution in [2.75, 3.05) is 13.1 Å². The minimum atomic E-state index is -0.0196. The van der Waals surface area contributed by atoms with Gasteiger partial charge in [-0.05, 0) is 45.0 Å². The van der Waals surface area contributed by atoms with E-state index >= 15 is 0 Å². The Kier molecular flexibility index (Phi) is 2.68. The molecule has 1 N–H and O–H groups in total. The van der Waals surface area contributed by atoms with Gasteiger partial charge in [-0.3, -0.25) is 4.98 Å². The molecule has 0 atom stereocenters. The number of hydrogen-bond donors (Lipinski definition) is 1. The van der Waals surface area contributed by atoms with Crippen LogP contribution < -0.4 is 10.1 Å². The molecule has 2 rings (SSSR count). The van der Waals surface area contributed by atoms with Crippen LogP contribution in [0, 0.1) is 0 Å². The van der Waals surface area contributed by atoms with E-state index in [1.807, 2.05) is 12.1 Å². The molecular weight excluding hydrogens is 176 g/mol. The van der Waals surface area contributed by atoms with Gasteiger partial charge in [0.05, 0.1) is 6.20 Å². The second-order valence-corrected chi connectivity index (χ2v) is 3.99. The Morgan fingerprint density at radius 3 is 2.86 bits per heavy atom. The zero-order valence-corrected chi connectivity index (χ0v) is 8.49. The molecule has 1 saturated heterocycles. The summed E-state index contributed by atoms with van der Waals surface area (Å²) in [6.07, 6.45) is 5.65. The first-order chi connectivity index (χ1) is 6.79. The summed E-state index contributed by atoms with van der Waals surface area (Å²) in [6, 6.07) is 3.86. The van der Waals surface area contributed by atoms with Crippen LogP contribution >= 0.6 is 0 Å². The van der Waals surface area contributed by atoms with Crippen molar-refractivity contribution in [3.05, 3.63) is 24.5 Å². The second kappa shape index (κ2) is 3.96. The molecule has 1 aliphatic rings. The van der Waals surface area contributed by atoms with Gasteiger partial charge in [0.15, 0.2) is 0 Å². The summed E-state index contributed by atoms with van der Waals surface area (Å²) >= 11 is 0. The SMILES string of the molecule is CC1(Oc2cccnc2)CCNCC1. The first kappa shape index (κ1) is 9.46. The molecule has 0 spiro atoms. The molecule has 1 aliphatic heterocycles. The molecule has 0 amide bonds. The predicted octanol–water partition coefficient (Wildman–Crippen LogP) is 1.60. The highest BCUT2D eigenvalue weighted by Gasteiger charge is 2.28. The summed E-state index contributed by atoms with van der Waals surface area (Å²) in [5.74, 6) is 0.872. The molecule has 1 aromatic heterocycles. The maximum atomic E-state index is 5.94. The van der Waals surface area contributed by atoms with Crippen LogP contribution in [0.25, 0.3) is 0 Å². The molecule has 0 aliphatic carbocycles. The lowest BCUT2D eigenvalue weighted by Gasteiger charge is -2.34. The molecule has 2 heterocycles. The van der Waals surface area contributed by atoms with Gasteiger partial charge in [0, 0.05) is 6.20 Å². The Balaban J connectivity index is 2.02. The highest BCUT2D eigenvalue weighted by Crippen LogP contribution is 2.24. The van der Waals surface area contributed by atoms with Crippen LogP contribution in [0.4, 0.5) is 0 Å². The summed E-state index contributed by atoms with van der Waals surface area (Å²) in [7, 11) is 0. The number of nitrogens with zero attached hydrogens (tertiary/aromatic N) is 1. The first-order valence-corrected chi connectivity index (χ1v) is 5.08. The van der Waals surface area contributed by atoms with E-state index in [1.165, 1.54) is 0 Å². The van der Waals surface area contributed by atoms with Crippen molar-refractivity contribution in [1.82, 2.24) is 10.3 Å². The Hall–Kier alpha value is -1.09. The van der Waals surface area contributed by atoms with E-state index < -0.39 is 0 Å². The van der Waals surface area contributed by atoms with Gasteiger partial charge < -0.3 is 10.1 Å². The minimum absolute atomic E-state index is 0.0196. The van der Waals surface area contributed by atoms with Crippen molar-refractivity contribution < 1.29 is 4.74 Å². The number of aromatic nitrogens is 1. The molecule has 3 nitrogen and oxygen atoms in total. The van der Waals surface area contributed by atoms with Gasteiger partial charge in [-0.25, -0.2) is 0 Å². The minimum Gasteiger partial charge on any atom is -0.486 e. The van der Waals surface area contributed by atoms with Gasteiger partial charge in [-0.1, -0.05) is 0 Å². The fraction of sp³-hybridized carbons (Fsp3) is 0.545. The molecule has 1 fully saturated rings. The average Bonchev–Trinajstić information content (AvgIpc) is 2.19. The average molecular weight is 192 g/mol. The van der Waals surface area contributed by atoms with Crippen molar-refractivity contribution in [1.29, 1.82) is 0 Å². The quantitative estimate of drug-likeness (QED) is 0.773. The van der Waals surface area contributed by atoms with Crippen LogP contribution in [0.15, 0.2) is 24.5 Å². The maximum Gasteiger partial charge on any atom is 0.138 e. The van der Waals surface area contributed by atoms with Crippen LogP contribution in [-0.4, -0.2) is 23.7 Å². The summed E-state index contributed by atoms with van der Waals surface area (Å²) in [6.45, 7) is 4.24. The molecule has 3 heteroatoms. The number of hydrogen-bond acceptors (Lipinski definition) is 3. The fourth-order valence-electron chi connectivity index (χ4n) is 1.75. The Morgan fingerprint density at radius 1 is 1.43 bits per heavy atom. The fourth-order valence-corrected chi connectivity index (χ4v) is 1.75. The van der Waals surface area contributed by atoms with Crippen molar-refractivity contribution >= 4 is 0 Å². The van der Waals surface area contributed by atoms with Crippen LogP contribution in [-0.2, 0) is 0 Å². The third-order valence-electron chi connectivity index (χ3n) is 2.66. The first-order valence-electron chi connectivity index (χ1n) is 5.08. The van der Waals surface area contributed by atoms with Gasteiger partial charge in [0.2, 0.25) is 0 Å². The topological polar surface area (TPSA) is 34.1 Å². The maximum absolute atomic E-state index is 5.94. The lowest BCUT2D eigenvalue weighted by molar-refractivity contribution is 0.0552. The van der Waals surface area contributed by atoms with E-state index in [-0.39, 0.29) is 5.60 Å². The van der Waals surface area contributed by atoms with Crippen molar-refractivity contribution in [2.45, 2.75) is 25.4 Å².